The van der Waals surface area contributed by atoms with Crippen molar-refractivity contribution in [3.05, 3.63) is 90.4 Å². The third-order valence-corrected chi connectivity index (χ3v) is 16.0. The molecule has 3 aromatic rings. The van der Waals surface area contributed by atoms with Crippen LogP contribution in [0.25, 0.3) is 16.7 Å². The topological polar surface area (TPSA) is 0 Å². The largest absolute Gasteiger partial charge is 0.147 e. The molecule has 0 nitrogen and oxygen atoms in total. The summed E-state index contributed by atoms with van der Waals surface area (Å²) in [7, 11) is 0. The average Bonchev–Trinajstić information content (AvgIpc) is 3.51. The molecule has 1 aromatic heterocycles. The molecule has 0 aliphatic heterocycles. The molecular formula is C33H40Cl2SZr. The van der Waals surface area contributed by atoms with E-state index in [-0.39, 0.29) is 35.6 Å². The third kappa shape index (κ3) is 5.65. The Bertz CT molecular complexity index is 1400. The van der Waals surface area contributed by atoms with E-state index in [4.69, 9.17) is 0 Å². The number of allylic oxidation sites excluding steroid dienone is 4. The van der Waals surface area contributed by atoms with Gasteiger partial charge >= 0.3 is 225 Å². The van der Waals surface area contributed by atoms with Crippen molar-refractivity contribution < 1.29 is 21.3 Å². The smallest absolute Gasteiger partial charge is 0.147 e. The van der Waals surface area contributed by atoms with E-state index in [9.17, 15) is 0 Å². The first-order valence-corrected chi connectivity index (χ1v) is 17.5. The number of rotatable bonds is 3. The Morgan fingerprint density at radius 3 is 2.16 bits per heavy atom. The summed E-state index contributed by atoms with van der Waals surface area (Å²) in [6.45, 7) is 19.1. The number of hydrogen-bond donors (Lipinski definition) is 0. The van der Waals surface area contributed by atoms with Crippen molar-refractivity contribution in [2.75, 3.05) is 0 Å². The van der Waals surface area contributed by atoms with Crippen LogP contribution < -0.4 is 3.27 Å². The van der Waals surface area contributed by atoms with E-state index in [1.54, 1.807) is 20.9 Å². The van der Waals surface area contributed by atoms with Gasteiger partial charge in [-0.3, -0.25) is 0 Å². The maximum absolute atomic E-state index is 2.49. The molecule has 196 valence electrons. The van der Waals surface area contributed by atoms with Crippen LogP contribution in [-0.4, -0.2) is 3.21 Å². The minimum Gasteiger partial charge on any atom is -0.147 e. The van der Waals surface area contributed by atoms with Gasteiger partial charge in [-0.2, -0.15) is 0 Å². The summed E-state index contributed by atoms with van der Waals surface area (Å²) in [6, 6.07) is 14.5. The molecule has 4 heteroatoms. The summed E-state index contributed by atoms with van der Waals surface area (Å²) in [5.41, 5.74) is 12.4. The molecule has 1 heterocycles. The van der Waals surface area contributed by atoms with Crippen LogP contribution in [0.4, 0.5) is 0 Å². The molecule has 0 saturated heterocycles. The summed E-state index contributed by atoms with van der Waals surface area (Å²) < 4.78 is 5.21. The van der Waals surface area contributed by atoms with Gasteiger partial charge < -0.3 is 0 Å². The maximum Gasteiger partial charge on any atom is -0.147 e. The Morgan fingerprint density at radius 1 is 0.865 bits per heavy atom. The monoisotopic (exact) mass is 628 g/mol. The molecule has 0 radical (unpaired) electrons. The van der Waals surface area contributed by atoms with Crippen LogP contribution in [0, 0.1) is 0 Å². The first-order chi connectivity index (χ1) is 16.5. The molecule has 0 atom stereocenters. The quantitative estimate of drug-likeness (QED) is 0.212. The van der Waals surface area contributed by atoms with Crippen molar-refractivity contribution in [1.29, 1.82) is 0 Å². The normalized spacial score (nSPS) is 14.2. The van der Waals surface area contributed by atoms with Gasteiger partial charge in [0.05, 0.1) is 0 Å². The molecule has 2 aromatic carbocycles. The van der Waals surface area contributed by atoms with Crippen LogP contribution in [0.5, 0.6) is 0 Å². The predicted octanol–water partition coefficient (Wildman–Crippen LogP) is 9.58. The summed E-state index contributed by atoms with van der Waals surface area (Å²) in [4.78, 5) is 0. The van der Waals surface area contributed by atoms with Crippen molar-refractivity contribution in [3.8, 4) is 11.1 Å². The van der Waals surface area contributed by atoms with Gasteiger partial charge in [-0.05, 0) is 0 Å². The summed E-state index contributed by atoms with van der Waals surface area (Å²) >= 11 is -0.510. The first kappa shape index (κ1) is 30.5. The Kier molecular flexibility index (Phi) is 9.24. The Labute approximate surface area is 248 Å². The van der Waals surface area contributed by atoms with Gasteiger partial charge in [0.25, 0.3) is 0 Å². The zero-order valence-corrected chi connectivity index (χ0v) is 28.3. The van der Waals surface area contributed by atoms with E-state index in [2.05, 4.69) is 115 Å². The van der Waals surface area contributed by atoms with Crippen molar-refractivity contribution in [1.82, 2.24) is 0 Å². The van der Waals surface area contributed by atoms with Crippen molar-refractivity contribution in [2.45, 2.75) is 79.1 Å². The minimum absolute atomic E-state index is 0. The third-order valence-electron chi connectivity index (χ3n) is 7.57. The van der Waals surface area contributed by atoms with E-state index in [0.29, 0.717) is 0 Å². The molecule has 0 N–H and O–H groups in total. The van der Waals surface area contributed by atoms with Crippen molar-refractivity contribution in [3.63, 3.8) is 0 Å². The molecule has 0 amide bonds. The number of halogens is 2. The molecule has 2 aliphatic rings. The van der Waals surface area contributed by atoms with E-state index < -0.39 is 21.3 Å². The SMILES string of the molecule is C[C](C)=[Zr]([C]1=C(c2ccsc2)C=CC1)[c]1c(C(C)(C)C)ccc2c1Cc1cc(C(C)(C)C)ccc1-2.Cl.Cl. The van der Waals surface area contributed by atoms with Gasteiger partial charge in [-0.15, -0.1) is 24.8 Å². The summed E-state index contributed by atoms with van der Waals surface area (Å²) in [5, 5.41) is 4.56. The van der Waals surface area contributed by atoms with Crippen LogP contribution in [0.3, 0.4) is 0 Å². The fourth-order valence-electron chi connectivity index (χ4n) is 5.79. The maximum atomic E-state index is 2.49. The number of benzene rings is 2. The fraction of sp³-hybridized carbons (Fsp3) is 0.364. The predicted molar refractivity (Wildman–Crippen MR) is 168 cm³/mol. The number of fused-ring (bicyclic) bond motifs is 3. The fourth-order valence-corrected chi connectivity index (χ4v) is 15.0. The molecule has 0 saturated carbocycles. The zero-order chi connectivity index (χ0) is 25.1. The summed E-state index contributed by atoms with van der Waals surface area (Å²) in [6.07, 6.45) is 7.03. The van der Waals surface area contributed by atoms with Gasteiger partial charge in [-0.25, -0.2) is 0 Å². The molecule has 37 heavy (non-hydrogen) atoms. The van der Waals surface area contributed by atoms with Crippen LogP contribution in [0.1, 0.15) is 89.6 Å². The van der Waals surface area contributed by atoms with Crippen molar-refractivity contribution >= 4 is 48.2 Å². The molecule has 0 fully saturated rings. The molecule has 2 aliphatic carbocycles. The van der Waals surface area contributed by atoms with Gasteiger partial charge in [0, 0.05) is 0 Å². The Morgan fingerprint density at radius 2 is 1.57 bits per heavy atom. The molecule has 5 rings (SSSR count). The van der Waals surface area contributed by atoms with E-state index >= 15 is 0 Å². The van der Waals surface area contributed by atoms with Crippen molar-refractivity contribution in [2.24, 2.45) is 0 Å². The van der Waals surface area contributed by atoms with E-state index in [1.807, 2.05) is 11.3 Å². The van der Waals surface area contributed by atoms with Crippen LogP contribution in [-0.2, 0) is 38.5 Å². The molecule has 0 bridgehead atoms. The van der Waals surface area contributed by atoms with Gasteiger partial charge in [0.15, 0.2) is 0 Å². The number of thiophene rings is 1. The molecular weight excluding hydrogens is 591 g/mol. The Hall–Kier alpha value is -1.05. The minimum atomic E-state index is -2.32. The Balaban J connectivity index is 0.00000190. The molecule has 0 unspecified atom stereocenters. The summed E-state index contributed by atoms with van der Waals surface area (Å²) in [5.74, 6) is 0. The molecule has 0 spiro atoms. The first-order valence-electron chi connectivity index (χ1n) is 12.9. The van der Waals surface area contributed by atoms with Gasteiger partial charge in [0.1, 0.15) is 0 Å². The van der Waals surface area contributed by atoms with Crippen LogP contribution >= 0.6 is 36.2 Å². The average molecular weight is 631 g/mol. The van der Waals surface area contributed by atoms with Gasteiger partial charge in [-0.1, -0.05) is 0 Å². The second-order valence-corrected chi connectivity index (χ2v) is 20.2. The van der Waals surface area contributed by atoms with Crippen LogP contribution in [0.2, 0.25) is 0 Å². The standard InChI is InChI=1S/C21H25.C9H7S.C3H6.2ClH.Zr/c1-20(2,3)16-7-9-18-14(12-16)11-15-13-17(21(4,5)6)8-10-19(15)18;1-2-4-8(3-1)9-5-6-10-7-9;1-3-2;;;/h7-10,12H,11H2,1-6H3;1,3,5-7H,2H2;1-2H3;2*1H;. The van der Waals surface area contributed by atoms with E-state index in [0.717, 1.165) is 12.8 Å². The second-order valence-electron chi connectivity index (χ2n) is 12.4. The van der Waals surface area contributed by atoms with Crippen LogP contribution in [0.15, 0.2) is 62.6 Å². The zero-order valence-electron chi connectivity index (χ0n) is 23.4. The number of hydrogen-bond acceptors (Lipinski definition) is 1. The van der Waals surface area contributed by atoms with E-state index in [1.165, 1.54) is 33.4 Å². The van der Waals surface area contributed by atoms with Gasteiger partial charge in [0.2, 0.25) is 0 Å². The second kappa shape index (κ2) is 11.2.